The molecule has 0 saturated carbocycles. The molecule has 1 unspecified atom stereocenters. The topological polar surface area (TPSA) is 18.5 Å². The molecule has 1 fully saturated rings. The van der Waals surface area contributed by atoms with Crippen molar-refractivity contribution in [2.75, 3.05) is 19.9 Å². The fourth-order valence-corrected chi connectivity index (χ4v) is 2.15. The van der Waals surface area contributed by atoms with Gasteiger partial charge in [-0.15, -0.1) is 0 Å². The van der Waals surface area contributed by atoms with Crippen LogP contribution in [-0.4, -0.2) is 32.1 Å². The lowest BCUT2D eigenvalue weighted by molar-refractivity contribution is 0.0158. The van der Waals surface area contributed by atoms with Crippen LogP contribution in [0.1, 0.15) is 20.8 Å². The van der Waals surface area contributed by atoms with Gasteiger partial charge in [0, 0.05) is 8.15 Å². The summed E-state index contributed by atoms with van der Waals surface area (Å²) in [7, 11) is -0.244. The molecule has 0 spiro atoms. The average molecular weight is 204 g/mol. The van der Waals surface area contributed by atoms with Gasteiger partial charge in [-0.05, 0) is 32.1 Å². The molecule has 13 heavy (non-hydrogen) atoms. The lowest BCUT2D eigenvalue weighted by atomic mass is 9.91. The molecule has 1 aliphatic rings. The highest BCUT2D eigenvalue weighted by Gasteiger charge is 2.36. The fourth-order valence-electron chi connectivity index (χ4n) is 1.70. The van der Waals surface area contributed by atoms with Gasteiger partial charge in [0.05, 0.1) is 18.8 Å². The van der Waals surface area contributed by atoms with Crippen molar-refractivity contribution in [3.05, 3.63) is 0 Å². The summed E-state index contributed by atoms with van der Waals surface area (Å²) >= 11 is 0. The molecular formula is C10H21O2P. The lowest BCUT2D eigenvalue weighted by Gasteiger charge is -2.17. The molecule has 3 heteroatoms. The summed E-state index contributed by atoms with van der Waals surface area (Å²) in [5.74, 6) is 1.29. The molecule has 4 atom stereocenters. The molecule has 0 aromatic rings. The third-order valence-corrected chi connectivity index (χ3v) is 3.71. The minimum absolute atomic E-state index is 0.244. The summed E-state index contributed by atoms with van der Waals surface area (Å²) in [5.41, 5.74) is 0. The molecule has 1 rings (SSSR count). The molecule has 0 aromatic carbocycles. The molecule has 0 aromatic heterocycles. The number of hydrogen-bond acceptors (Lipinski definition) is 2. The number of ether oxygens (including phenoxy) is 1. The van der Waals surface area contributed by atoms with Crippen LogP contribution in [0.4, 0.5) is 0 Å². The van der Waals surface area contributed by atoms with Gasteiger partial charge in [-0.3, -0.25) is 0 Å². The first-order chi connectivity index (χ1) is 6.02. The Morgan fingerprint density at radius 3 is 2.15 bits per heavy atom. The first-order valence-corrected chi connectivity index (χ1v) is 7.13. The second kappa shape index (κ2) is 4.72. The Morgan fingerprint density at radius 2 is 1.77 bits per heavy atom. The van der Waals surface area contributed by atoms with Crippen molar-refractivity contribution in [2.24, 2.45) is 11.8 Å². The third kappa shape index (κ3) is 2.90. The minimum Gasteiger partial charge on any atom is -0.372 e. The van der Waals surface area contributed by atoms with E-state index in [0.717, 1.165) is 6.61 Å². The van der Waals surface area contributed by atoms with Crippen molar-refractivity contribution >= 4 is 8.15 Å². The predicted molar refractivity (Wildman–Crippen MR) is 57.4 cm³/mol. The van der Waals surface area contributed by atoms with E-state index in [1.807, 2.05) is 0 Å². The monoisotopic (exact) mass is 204 g/mol. The molecule has 1 heterocycles. The van der Waals surface area contributed by atoms with Crippen LogP contribution in [0, 0.1) is 11.8 Å². The van der Waals surface area contributed by atoms with Gasteiger partial charge in [-0.1, -0.05) is 13.8 Å². The first-order valence-electron chi connectivity index (χ1n) is 4.98. The van der Waals surface area contributed by atoms with Crippen LogP contribution in [0.2, 0.25) is 0 Å². The van der Waals surface area contributed by atoms with Crippen LogP contribution in [0.25, 0.3) is 0 Å². The maximum Gasteiger partial charge on any atom is 0.0844 e. The Hall–Kier alpha value is 0.350. The Labute approximate surface area is 82.8 Å². The van der Waals surface area contributed by atoms with Crippen molar-refractivity contribution in [2.45, 2.75) is 33.0 Å². The lowest BCUT2D eigenvalue weighted by Crippen LogP contribution is -2.21. The Kier molecular flexibility index (Phi) is 4.15. The standard InChI is InChI=1S/C10H21O2P/c1-7-8(2)10(12-9(7)3)6-11-13(4)5/h7-10H,6H2,1-5H3/t7-,8?,9-,10+/m0/s1. The number of hydrogen-bond donors (Lipinski definition) is 0. The summed E-state index contributed by atoms with van der Waals surface area (Å²) in [6.07, 6.45) is 0.707. The summed E-state index contributed by atoms with van der Waals surface area (Å²) < 4.78 is 11.5. The Balaban J connectivity index is 2.35. The second-order valence-electron chi connectivity index (χ2n) is 4.21. The fraction of sp³-hybridized carbons (Fsp3) is 1.00. The van der Waals surface area contributed by atoms with E-state index in [9.17, 15) is 0 Å². The van der Waals surface area contributed by atoms with Crippen LogP contribution >= 0.6 is 8.15 Å². The Bertz CT molecular complexity index is 161. The van der Waals surface area contributed by atoms with Gasteiger partial charge in [-0.2, -0.15) is 0 Å². The number of rotatable bonds is 3. The molecule has 1 saturated heterocycles. The highest BCUT2D eigenvalue weighted by atomic mass is 31.1. The molecule has 0 radical (unpaired) electrons. The van der Waals surface area contributed by atoms with E-state index in [1.54, 1.807) is 0 Å². The SMILES string of the molecule is CC1[C@@H](COP(C)C)O[C@@H](C)[C@H]1C. The molecule has 2 nitrogen and oxygen atoms in total. The maximum atomic E-state index is 5.82. The summed E-state index contributed by atoms with van der Waals surface area (Å²) in [5, 5.41) is 0. The van der Waals surface area contributed by atoms with Crippen molar-refractivity contribution in [1.82, 2.24) is 0 Å². The second-order valence-corrected chi connectivity index (χ2v) is 6.09. The van der Waals surface area contributed by atoms with E-state index in [2.05, 4.69) is 34.1 Å². The van der Waals surface area contributed by atoms with Crippen molar-refractivity contribution < 1.29 is 9.26 Å². The van der Waals surface area contributed by atoms with Crippen molar-refractivity contribution in [3.63, 3.8) is 0 Å². The molecule has 0 aliphatic carbocycles. The maximum absolute atomic E-state index is 5.82. The highest BCUT2D eigenvalue weighted by Crippen LogP contribution is 2.34. The summed E-state index contributed by atoms with van der Waals surface area (Å²) in [6, 6.07) is 0. The van der Waals surface area contributed by atoms with Gasteiger partial charge < -0.3 is 9.26 Å². The normalized spacial score (nSPS) is 40.2. The quantitative estimate of drug-likeness (QED) is 0.658. The van der Waals surface area contributed by atoms with E-state index < -0.39 is 0 Å². The summed E-state index contributed by atoms with van der Waals surface area (Å²) in [6.45, 7) is 11.7. The molecule has 78 valence electrons. The summed E-state index contributed by atoms with van der Waals surface area (Å²) in [4.78, 5) is 0. The van der Waals surface area contributed by atoms with Crippen LogP contribution in [0.5, 0.6) is 0 Å². The van der Waals surface area contributed by atoms with Gasteiger partial charge in [0.1, 0.15) is 0 Å². The minimum atomic E-state index is -0.244. The zero-order valence-corrected chi connectivity index (χ0v) is 10.2. The van der Waals surface area contributed by atoms with Crippen molar-refractivity contribution in [3.8, 4) is 0 Å². The van der Waals surface area contributed by atoms with Crippen LogP contribution < -0.4 is 0 Å². The Morgan fingerprint density at radius 1 is 1.15 bits per heavy atom. The van der Waals surface area contributed by atoms with E-state index in [1.165, 1.54) is 0 Å². The van der Waals surface area contributed by atoms with Crippen LogP contribution in [-0.2, 0) is 9.26 Å². The molecule has 1 aliphatic heterocycles. The zero-order valence-electron chi connectivity index (χ0n) is 9.28. The molecular weight excluding hydrogens is 183 g/mol. The molecule has 0 amide bonds. The van der Waals surface area contributed by atoms with Crippen LogP contribution in [0.3, 0.4) is 0 Å². The van der Waals surface area contributed by atoms with Gasteiger partial charge >= 0.3 is 0 Å². The van der Waals surface area contributed by atoms with E-state index >= 15 is 0 Å². The van der Waals surface area contributed by atoms with Gasteiger partial charge in [0.25, 0.3) is 0 Å². The van der Waals surface area contributed by atoms with Gasteiger partial charge in [-0.25, -0.2) is 0 Å². The first kappa shape index (κ1) is 11.4. The predicted octanol–water partition coefficient (Wildman–Crippen LogP) is 2.72. The van der Waals surface area contributed by atoms with Gasteiger partial charge in [0.2, 0.25) is 0 Å². The van der Waals surface area contributed by atoms with E-state index in [4.69, 9.17) is 9.26 Å². The largest absolute Gasteiger partial charge is 0.372 e. The highest BCUT2D eigenvalue weighted by molar-refractivity contribution is 7.50. The van der Waals surface area contributed by atoms with Gasteiger partial charge in [0.15, 0.2) is 0 Å². The third-order valence-electron chi connectivity index (χ3n) is 3.04. The van der Waals surface area contributed by atoms with E-state index in [-0.39, 0.29) is 8.15 Å². The molecule has 0 N–H and O–H groups in total. The zero-order chi connectivity index (χ0) is 10.0. The van der Waals surface area contributed by atoms with E-state index in [0.29, 0.717) is 24.0 Å². The smallest absolute Gasteiger partial charge is 0.0844 e. The van der Waals surface area contributed by atoms with Crippen molar-refractivity contribution in [1.29, 1.82) is 0 Å². The molecule has 0 bridgehead atoms. The average Bonchev–Trinajstić information content (AvgIpc) is 2.29. The van der Waals surface area contributed by atoms with Crippen LogP contribution in [0.15, 0.2) is 0 Å².